The lowest BCUT2D eigenvalue weighted by molar-refractivity contribution is -0.118. The molecule has 0 aliphatic carbocycles. The third-order valence-electron chi connectivity index (χ3n) is 3.97. The van der Waals surface area contributed by atoms with Gasteiger partial charge in [0.2, 0.25) is 5.88 Å². The highest BCUT2D eigenvalue weighted by Gasteiger charge is 2.08. The Morgan fingerprint density at radius 2 is 1.93 bits per heavy atom. The van der Waals surface area contributed by atoms with Gasteiger partial charge in [-0.15, -0.1) is 5.10 Å². The first-order chi connectivity index (χ1) is 12.9. The number of nitrogens with one attached hydrogen (secondary N) is 1. The molecular formula is C20H18FN3O3. The van der Waals surface area contributed by atoms with Crippen LogP contribution in [-0.4, -0.2) is 22.3 Å². The number of ether oxygens (including phenoxy) is 1. The molecule has 0 saturated carbocycles. The highest BCUT2D eigenvalue weighted by Crippen LogP contribution is 2.13. The van der Waals surface area contributed by atoms with Crippen molar-refractivity contribution in [3.63, 3.8) is 0 Å². The molecule has 0 spiro atoms. The highest BCUT2D eigenvalue weighted by atomic mass is 19.1. The molecule has 0 aliphatic heterocycles. The molecule has 0 fully saturated rings. The van der Waals surface area contributed by atoms with Crippen molar-refractivity contribution in [2.75, 3.05) is 11.9 Å². The zero-order valence-corrected chi connectivity index (χ0v) is 14.9. The zero-order valence-electron chi connectivity index (χ0n) is 14.9. The maximum atomic E-state index is 13.1. The fourth-order valence-corrected chi connectivity index (χ4v) is 2.42. The molecule has 3 rings (SSSR count). The summed E-state index contributed by atoms with van der Waals surface area (Å²) in [6.45, 7) is 3.60. The van der Waals surface area contributed by atoms with Gasteiger partial charge in [-0.25, -0.2) is 4.39 Å². The number of benzene rings is 2. The van der Waals surface area contributed by atoms with E-state index in [0.29, 0.717) is 11.4 Å². The van der Waals surface area contributed by atoms with Crippen molar-refractivity contribution >= 4 is 11.6 Å². The summed E-state index contributed by atoms with van der Waals surface area (Å²) in [5.41, 5.74) is 2.76. The number of rotatable bonds is 5. The number of nitrogens with zero attached hydrogens (tertiary/aromatic N) is 2. The molecule has 0 atom stereocenters. The molecule has 0 bridgehead atoms. The molecule has 0 radical (unpaired) electrons. The number of carbonyl (C=O) groups is 1. The van der Waals surface area contributed by atoms with Crippen molar-refractivity contribution in [2.24, 2.45) is 0 Å². The average Bonchev–Trinajstić information content (AvgIpc) is 2.63. The van der Waals surface area contributed by atoms with Crippen LogP contribution in [0.25, 0.3) is 5.69 Å². The Morgan fingerprint density at radius 1 is 1.11 bits per heavy atom. The maximum Gasteiger partial charge on any atom is 0.271 e. The fraction of sp³-hybridized carbons (Fsp3) is 0.150. The van der Waals surface area contributed by atoms with E-state index in [1.165, 1.54) is 35.0 Å². The van der Waals surface area contributed by atoms with Crippen molar-refractivity contribution in [3.8, 4) is 11.6 Å². The van der Waals surface area contributed by atoms with E-state index in [1.807, 2.05) is 26.0 Å². The predicted molar refractivity (Wildman–Crippen MR) is 99.8 cm³/mol. The summed E-state index contributed by atoms with van der Waals surface area (Å²) in [6.07, 6.45) is 0. The lowest BCUT2D eigenvalue weighted by Gasteiger charge is -2.10. The first-order valence-corrected chi connectivity index (χ1v) is 8.28. The monoisotopic (exact) mass is 367 g/mol. The van der Waals surface area contributed by atoms with Crippen molar-refractivity contribution in [1.82, 2.24) is 9.78 Å². The van der Waals surface area contributed by atoms with Crippen LogP contribution in [0.1, 0.15) is 11.1 Å². The summed E-state index contributed by atoms with van der Waals surface area (Å²) in [5, 5.41) is 6.67. The van der Waals surface area contributed by atoms with Crippen molar-refractivity contribution < 1.29 is 13.9 Å². The molecule has 1 heterocycles. The minimum atomic E-state index is -0.466. The van der Waals surface area contributed by atoms with Crippen molar-refractivity contribution in [3.05, 3.63) is 81.9 Å². The summed E-state index contributed by atoms with van der Waals surface area (Å²) in [5.74, 6) is -0.788. The van der Waals surface area contributed by atoms with Crippen LogP contribution in [0, 0.1) is 19.7 Å². The molecule has 27 heavy (non-hydrogen) atoms. The second-order valence-corrected chi connectivity index (χ2v) is 6.04. The summed E-state index contributed by atoms with van der Waals surface area (Å²) < 4.78 is 19.7. The van der Waals surface area contributed by atoms with Crippen molar-refractivity contribution in [1.29, 1.82) is 0 Å². The standard InChI is InChI=1S/C20H18FN3O3/c1-13-6-7-17(10-14(13)2)24-20(26)9-8-19(23-24)27-12-18(25)22-16-5-3-4-15(21)11-16/h3-11H,12H2,1-2H3,(H,22,25). The van der Waals surface area contributed by atoms with Gasteiger partial charge >= 0.3 is 0 Å². The van der Waals surface area contributed by atoms with Gasteiger partial charge in [0.15, 0.2) is 6.61 Å². The van der Waals surface area contributed by atoms with Gasteiger partial charge in [0.1, 0.15) is 5.82 Å². The Bertz CT molecular complexity index is 1050. The molecule has 0 unspecified atom stereocenters. The van der Waals surface area contributed by atoms with Crippen LogP contribution in [0.5, 0.6) is 5.88 Å². The van der Waals surface area contributed by atoms with Crippen LogP contribution in [0.4, 0.5) is 10.1 Å². The van der Waals surface area contributed by atoms with E-state index in [-0.39, 0.29) is 18.0 Å². The average molecular weight is 367 g/mol. The quantitative estimate of drug-likeness (QED) is 0.752. The van der Waals surface area contributed by atoms with E-state index in [9.17, 15) is 14.0 Å². The van der Waals surface area contributed by atoms with Gasteiger partial charge in [-0.3, -0.25) is 9.59 Å². The molecule has 0 aliphatic rings. The fourth-order valence-electron chi connectivity index (χ4n) is 2.42. The topological polar surface area (TPSA) is 73.2 Å². The SMILES string of the molecule is Cc1ccc(-n2nc(OCC(=O)Nc3cccc(F)c3)ccc2=O)cc1C. The number of carbonyl (C=O) groups excluding carboxylic acids is 1. The highest BCUT2D eigenvalue weighted by molar-refractivity contribution is 5.91. The van der Waals surface area contributed by atoms with Gasteiger partial charge in [-0.2, -0.15) is 4.68 Å². The second kappa shape index (κ2) is 7.82. The van der Waals surface area contributed by atoms with Crippen molar-refractivity contribution in [2.45, 2.75) is 13.8 Å². The van der Waals surface area contributed by atoms with Gasteiger partial charge in [-0.05, 0) is 55.3 Å². The molecule has 7 heteroatoms. The second-order valence-electron chi connectivity index (χ2n) is 6.04. The summed E-state index contributed by atoms with van der Waals surface area (Å²) in [6, 6.07) is 13.8. The largest absolute Gasteiger partial charge is 0.467 e. The minimum absolute atomic E-state index is 0.127. The normalized spacial score (nSPS) is 10.5. The summed E-state index contributed by atoms with van der Waals surface area (Å²) in [7, 11) is 0. The van der Waals surface area contributed by atoms with E-state index in [1.54, 1.807) is 12.1 Å². The van der Waals surface area contributed by atoms with Gasteiger partial charge in [-0.1, -0.05) is 12.1 Å². The van der Waals surface area contributed by atoms with Crippen LogP contribution < -0.4 is 15.6 Å². The Labute approximate surface area is 155 Å². The first kappa shape index (κ1) is 18.3. The number of aryl methyl sites for hydroxylation is 2. The molecule has 1 amide bonds. The first-order valence-electron chi connectivity index (χ1n) is 8.28. The van der Waals surface area contributed by atoms with Crippen LogP contribution in [0.3, 0.4) is 0 Å². The van der Waals surface area contributed by atoms with E-state index in [2.05, 4.69) is 10.4 Å². The summed E-state index contributed by atoms with van der Waals surface area (Å²) in [4.78, 5) is 24.1. The Balaban J connectivity index is 1.71. The van der Waals surface area contributed by atoms with Gasteiger partial charge in [0.25, 0.3) is 11.5 Å². The van der Waals surface area contributed by atoms with Gasteiger partial charge < -0.3 is 10.1 Å². The van der Waals surface area contributed by atoms with Crippen LogP contribution >= 0.6 is 0 Å². The molecule has 6 nitrogen and oxygen atoms in total. The minimum Gasteiger partial charge on any atom is -0.467 e. The summed E-state index contributed by atoms with van der Waals surface area (Å²) >= 11 is 0. The lowest BCUT2D eigenvalue weighted by Crippen LogP contribution is -2.24. The number of aromatic nitrogens is 2. The number of amides is 1. The smallest absolute Gasteiger partial charge is 0.271 e. The molecule has 1 N–H and O–H groups in total. The molecule has 2 aromatic carbocycles. The van der Waals surface area contributed by atoms with E-state index < -0.39 is 11.7 Å². The molecule has 3 aromatic rings. The third-order valence-corrected chi connectivity index (χ3v) is 3.97. The Hall–Kier alpha value is -3.48. The maximum absolute atomic E-state index is 13.1. The van der Waals surface area contributed by atoms with Crippen LogP contribution in [0.2, 0.25) is 0 Å². The Morgan fingerprint density at radius 3 is 2.67 bits per heavy atom. The van der Waals surface area contributed by atoms with E-state index >= 15 is 0 Å². The molecular weight excluding hydrogens is 349 g/mol. The van der Waals surface area contributed by atoms with E-state index in [4.69, 9.17) is 4.74 Å². The third kappa shape index (κ3) is 4.58. The number of hydrogen-bond acceptors (Lipinski definition) is 4. The number of halogens is 1. The lowest BCUT2D eigenvalue weighted by atomic mass is 10.1. The molecule has 0 saturated heterocycles. The zero-order chi connectivity index (χ0) is 19.4. The molecule has 1 aromatic heterocycles. The van der Waals surface area contributed by atoms with Gasteiger partial charge in [0, 0.05) is 17.8 Å². The van der Waals surface area contributed by atoms with E-state index in [0.717, 1.165) is 11.1 Å². The predicted octanol–water partition coefficient (Wildman–Crippen LogP) is 3.01. The number of hydrogen-bond donors (Lipinski definition) is 1. The Kier molecular flexibility index (Phi) is 5.30. The van der Waals surface area contributed by atoms with Gasteiger partial charge in [0.05, 0.1) is 5.69 Å². The molecule has 138 valence electrons. The van der Waals surface area contributed by atoms with Crippen LogP contribution in [-0.2, 0) is 4.79 Å². The van der Waals surface area contributed by atoms with Crippen LogP contribution in [0.15, 0.2) is 59.4 Å². The number of anilines is 1.